The van der Waals surface area contributed by atoms with E-state index in [0.717, 1.165) is 30.4 Å². The highest BCUT2D eigenvalue weighted by Crippen LogP contribution is 2.36. The number of aryl methyl sites for hydroxylation is 1. The van der Waals surface area contributed by atoms with E-state index in [2.05, 4.69) is 20.2 Å². The lowest BCUT2D eigenvalue weighted by Gasteiger charge is -2.24. The number of benzene rings is 1. The first-order chi connectivity index (χ1) is 18.6. The number of amides is 2. The monoisotopic (exact) mass is 553 g/mol. The minimum Gasteiger partial charge on any atom is -0.427 e. The van der Waals surface area contributed by atoms with Gasteiger partial charge in [0.05, 0.1) is 11.4 Å². The number of aromatic nitrogens is 4. The van der Waals surface area contributed by atoms with Crippen molar-refractivity contribution >= 4 is 28.8 Å². The van der Waals surface area contributed by atoms with Crippen LogP contribution in [0.2, 0.25) is 6.32 Å². The largest absolute Gasteiger partial charge is 0.454 e. The van der Waals surface area contributed by atoms with Gasteiger partial charge in [0, 0.05) is 37.0 Å². The molecule has 2 aromatic heterocycles. The van der Waals surface area contributed by atoms with Gasteiger partial charge in [-0.15, -0.1) is 0 Å². The average Bonchev–Trinajstić information content (AvgIpc) is 3.58. The molecule has 2 amide bonds. The molecule has 5 rings (SSSR count). The molecule has 2 atom stereocenters. The lowest BCUT2D eigenvalue weighted by atomic mass is 9.77. The van der Waals surface area contributed by atoms with Crippen LogP contribution in [0.3, 0.4) is 0 Å². The van der Waals surface area contributed by atoms with Crippen LogP contribution in [0.5, 0.6) is 0 Å². The maximum atomic E-state index is 13.1. The van der Waals surface area contributed by atoms with E-state index in [4.69, 9.17) is 9.43 Å². The van der Waals surface area contributed by atoms with Gasteiger partial charge >= 0.3 is 13.1 Å². The number of carbonyl (C=O) groups is 1. The summed E-state index contributed by atoms with van der Waals surface area (Å²) in [5.74, 6) is 0.0432. The van der Waals surface area contributed by atoms with Crippen LogP contribution < -0.4 is 15.6 Å². The number of carbonyl (C=O) groups excluding carboxylic acids is 1. The molecule has 2 aliphatic rings. The van der Waals surface area contributed by atoms with Gasteiger partial charge in [0.1, 0.15) is 0 Å². The summed E-state index contributed by atoms with van der Waals surface area (Å²) >= 11 is 0. The van der Waals surface area contributed by atoms with Crippen LogP contribution in [0.15, 0.2) is 46.3 Å². The minimum absolute atomic E-state index is 0.0187. The summed E-state index contributed by atoms with van der Waals surface area (Å²) in [5, 5.41) is 21.2. The molecule has 3 heterocycles. The highest BCUT2D eigenvalue weighted by molar-refractivity contribution is 7.91. The van der Waals surface area contributed by atoms with Gasteiger partial charge in [0.25, 0.3) is 5.56 Å². The zero-order valence-corrected chi connectivity index (χ0v) is 22.7. The van der Waals surface area contributed by atoms with Gasteiger partial charge in [-0.25, -0.2) is 23.2 Å². The molecule has 4 N–H and O–H groups in total. The van der Waals surface area contributed by atoms with E-state index < -0.39 is 23.1 Å². The third-order valence-corrected chi connectivity index (χ3v) is 8.36. The lowest BCUT2D eigenvalue weighted by Crippen LogP contribution is -2.35. The van der Waals surface area contributed by atoms with Crippen LogP contribution >= 0.6 is 0 Å². The SMILES string of the molecule is CC(C)n1ccc(S(=N)(=O)NC(=O)Nc2c(-c3ccc(=O)n(CC4CCB(O)OC4)n3)ccc3c2CCC3)n1. The van der Waals surface area contributed by atoms with E-state index >= 15 is 0 Å². The Morgan fingerprint density at radius 1 is 1.26 bits per heavy atom. The first-order valence-electron chi connectivity index (χ1n) is 13.1. The maximum absolute atomic E-state index is 13.1. The molecule has 0 bridgehead atoms. The van der Waals surface area contributed by atoms with Crippen LogP contribution in [-0.4, -0.2) is 48.6 Å². The summed E-state index contributed by atoms with van der Waals surface area (Å²) in [6.45, 7) is 4.50. The molecule has 1 aromatic carbocycles. The molecule has 39 heavy (non-hydrogen) atoms. The van der Waals surface area contributed by atoms with E-state index in [1.165, 1.54) is 16.8 Å². The molecule has 0 saturated carbocycles. The lowest BCUT2D eigenvalue weighted by molar-refractivity contribution is 0.161. The van der Waals surface area contributed by atoms with Crippen molar-refractivity contribution in [2.45, 2.75) is 63.5 Å². The predicted octanol–water partition coefficient (Wildman–Crippen LogP) is 2.84. The quantitative estimate of drug-likeness (QED) is 0.327. The first kappa shape index (κ1) is 27.1. The molecule has 12 nitrogen and oxygen atoms in total. The van der Waals surface area contributed by atoms with Crippen molar-refractivity contribution in [1.29, 1.82) is 4.78 Å². The second kappa shape index (κ2) is 10.9. The highest BCUT2D eigenvalue weighted by Gasteiger charge is 2.26. The molecule has 0 spiro atoms. The third-order valence-electron chi connectivity index (χ3n) is 7.09. The van der Waals surface area contributed by atoms with Crippen LogP contribution in [-0.2, 0) is 34.0 Å². The Bertz CT molecular complexity index is 1540. The fraction of sp³-hybridized carbons (Fsp3) is 0.440. The molecule has 1 fully saturated rings. The number of hydrogen-bond donors (Lipinski definition) is 4. The molecular weight excluding hydrogens is 521 g/mol. The zero-order chi connectivity index (χ0) is 27.7. The average molecular weight is 553 g/mol. The highest BCUT2D eigenvalue weighted by atomic mass is 32.2. The maximum Gasteiger partial charge on any atom is 0.454 e. The third kappa shape index (κ3) is 5.92. The standard InChI is InChI=1S/C25H32BN7O5S/c1-16(2)32-13-11-22(30-32)39(27,37)31-25(35)28-24-19-5-3-4-18(19)6-7-20(24)21-8-9-23(34)33(29-21)14-17-10-12-26(36)38-15-17/h6-9,11,13,16-17,36H,3-5,10,12,14-15H2,1-2H3,(H3,27,28,31,35,37). The number of nitrogens with zero attached hydrogens (tertiary/aromatic N) is 4. The van der Waals surface area contributed by atoms with Gasteiger partial charge in [0.15, 0.2) is 14.9 Å². The number of urea groups is 1. The second-order valence-electron chi connectivity index (χ2n) is 10.3. The summed E-state index contributed by atoms with van der Waals surface area (Å²) in [4.78, 5) is 25.7. The Labute approximate surface area is 227 Å². The van der Waals surface area contributed by atoms with E-state index in [-0.39, 0.29) is 22.5 Å². The van der Waals surface area contributed by atoms with Gasteiger partial charge in [-0.2, -0.15) is 10.2 Å². The summed E-state index contributed by atoms with van der Waals surface area (Å²) in [6, 6.07) is 7.62. The van der Waals surface area contributed by atoms with Gasteiger partial charge in [-0.3, -0.25) is 9.48 Å². The Hall–Kier alpha value is -3.49. The zero-order valence-electron chi connectivity index (χ0n) is 21.9. The summed E-state index contributed by atoms with van der Waals surface area (Å²) in [6.07, 6.45) is 5.38. The number of rotatable bonds is 7. The Morgan fingerprint density at radius 2 is 2.08 bits per heavy atom. The van der Waals surface area contributed by atoms with Crippen molar-refractivity contribution in [2.24, 2.45) is 5.92 Å². The smallest absolute Gasteiger partial charge is 0.427 e. The number of fused-ring (bicyclic) bond motifs is 1. The van der Waals surface area contributed by atoms with Crippen LogP contribution in [0.25, 0.3) is 11.3 Å². The first-order valence-corrected chi connectivity index (χ1v) is 14.6. The second-order valence-corrected chi connectivity index (χ2v) is 12.0. The molecular formula is C25H32BN7O5S. The van der Waals surface area contributed by atoms with E-state index in [1.807, 2.05) is 26.0 Å². The Balaban J connectivity index is 1.42. The molecule has 0 radical (unpaired) electrons. The van der Waals surface area contributed by atoms with Crippen molar-refractivity contribution in [1.82, 2.24) is 24.3 Å². The molecule has 206 valence electrons. The number of hydrogen-bond acceptors (Lipinski definition) is 8. The fourth-order valence-corrected chi connectivity index (χ4v) is 5.89. The summed E-state index contributed by atoms with van der Waals surface area (Å²) in [5.41, 5.74) is 3.44. The van der Waals surface area contributed by atoms with E-state index in [0.29, 0.717) is 42.8 Å². The van der Waals surface area contributed by atoms with Crippen molar-refractivity contribution in [3.63, 3.8) is 0 Å². The van der Waals surface area contributed by atoms with Crippen molar-refractivity contribution in [2.75, 3.05) is 11.9 Å². The van der Waals surface area contributed by atoms with E-state index in [1.54, 1.807) is 16.9 Å². The number of anilines is 1. The van der Waals surface area contributed by atoms with Crippen molar-refractivity contribution in [3.05, 3.63) is 58.0 Å². The summed E-state index contributed by atoms with van der Waals surface area (Å²) in [7, 11) is -4.47. The topological polar surface area (TPSA) is 164 Å². The Kier molecular flexibility index (Phi) is 7.60. The van der Waals surface area contributed by atoms with Gasteiger partial charge in [0.2, 0.25) is 0 Å². The molecule has 1 aliphatic heterocycles. The number of nitrogens with one attached hydrogen (secondary N) is 3. The fourth-order valence-electron chi connectivity index (χ4n) is 5.01. The Morgan fingerprint density at radius 3 is 2.79 bits per heavy atom. The molecule has 2 unspecified atom stereocenters. The van der Waals surface area contributed by atoms with Crippen molar-refractivity contribution in [3.8, 4) is 11.3 Å². The van der Waals surface area contributed by atoms with Gasteiger partial charge in [-0.05, 0) is 75.0 Å². The van der Waals surface area contributed by atoms with Gasteiger partial charge < -0.3 is 15.0 Å². The summed E-state index contributed by atoms with van der Waals surface area (Å²) < 4.78 is 31.9. The normalized spacial score (nSPS) is 18.6. The van der Waals surface area contributed by atoms with Gasteiger partial charge in [-0.1, -0.05) is 12.1 Å². The molecule has 3 aromatic rings. The van der Waals surface area contributed by atoms with Crippen LogP contribution in [0.4, 0.5) is 10.5 Å². The van der Waals surface area contributed by atoms with Crippen LogP contribution in [0, 0.1) is 10.7 Å². The molecule has 1 aliphatic carbocycles. The van der Waals surface area contributed by atoms with E-state index in [9.17, 15) is 18.8 Å². The van der Waals surface area contributed by atoms with Crippen LogP contribution in [0.1, 0.15) is 43.9 Å². The van der Waals surface area contributed by atoms with Crippen molar-refractivity contribution < 1.29 is 18.7 Å². The predicted molar refractivity (Wildman–Crippen MR) is 147 cm³/mol. The minimum atomic E-state index is -3.70. The molecule has 1 saturated heterocycles. The molecule has 14 heteroatoms.